The van der Waals surface area contributed by atoms with Crippen LogP contribution in [0.15, 0.2) is 11.6 Å². The van der Waals surface area contributed by atoms with Crippen LogP contribution in [0.2, 0.25) is 0 Å². The number of imide groups is 1. The molecule has 0 aromatic carbocycles. The number of nitrogens with zero attached hydrogens (tertiary/aromatic N) is 2. The van der Waals surface area contributed by atoms with E-state index in [1.807, 2.05) is 31.3 Å². The number of carbonyl (C=O) groups excluding carboxylic acids is 3. The SMILES string of the molecule is CNC(=O)NC(=O)COC(=O)/C(C#N)=C/c1cc(C)n(C2CCCCC2)c1C. The number of amides is 3. The zero-order valence-electron chi connectivity index (χ0n) is 16.5. The molecule has 28 heavy (non-hydrogen) atoms. The van der Waals surface area contributed by atoms with Gasteiger partial charge < -0.3 is 14.6 Å². The Kier molecular flexibility index (Phi) is 7.38. The van der Waals surface area contributed by atoms with Crippen molar-refractivity contribution in [3.63, 3.8) is 0 Å². The summed E-state index contributed by atoms with van der Waals surface area (Å²) < 4.78 is 7.12. The van der Waals surface area contributed by atoms with Crippen LogP contribution in [0.25, 0.3) is 6.08 Å². The van der Waals surface area contributed by atoms with Gasteiger partial charge in [0.05, 0.1) is 0 Å². The molecule has 2 rings (SSSR count). The van der Waals surface area contributed by atoms with Crippen molar-refractivity contribution in [2.24, 2.45) is 0 Å². The van der Waals surface area contributed by atoms with E-state index in [1.165, 1.54) is 32.4 Å². The van der Waals surface area contributed by atoms with E-state index < -0.39 is 24.5 Å². The van der Waals surface area contributed by atoms with Gasteiger partial charge in [-0.25, -0.2) is 9.59 Å². The van der Waals surface area contributed by atoms with Gasteiger partial charge in [0.15, 0.2) is 6.61 Å². The van der Waals surface area contributed by atoms with Crippen molar-refractivity contribution in [3.8, 4) is 6.07 Å². The van der Waals surface area contributed by atoms with Crippen LogP contribution in [0.1, 0.15) is 55.1 Å². The molecule has 1 saturated carbocycles. The van der Waals surface area contributed by atoms with E-state index in [9.17, 15) is 19.6 Å². The zero-order chi connectivity index (χ0) is 20.7. The molecule has 3 amide bonds. The van der Waals surface area contributed by atoms with Gasteiger partial charge in [-0.2, -0.15) is 5.26 Å². The van der Waals surface area contributed by atoms with Gasteiger partial charge in [-0.3, -0.25) is 10.1 Å². The van der Waals surface area contributed by atoms with Crippen LogP contribution in [-0.2, 0) is 14.3 Å². The lowest BCUT2D eigenvalue weighted by atomic mass is 9.95. The van der Waals surface area contributed by atoms with Gasteiger partial charge >= 0.3 is 12.0 Å². The molecule has 0 bridgehead atoms. The standard InChI is InChI=1S/C20H26N4O4/c1-13-9-15(14(2)24(13)17-7-5-4-6-8-17)10-16(11-21)19(26)28-12-18(25)23-20(27)22-3/h9-10,17H,4-8,12H2,1-3H3,(H2,22,23,25,27)/b16-10+. The highest BCUT2D eigenvalue weighted by atomic mass is 16.5. The van der Waals surface area contributed by atoms with E-state index >= 15 is 0 Å². The first-order valence-corrected chi connectivity index (χ1v) is 9.36. The summed E-state index contributed by atoms with van der Waals surface area (Å²) in [5.41, 5.74) is 2.68. The molecule has 1 fully saturated rings. The Morgan fingerprint density at radius 3 is 2.57 bits per heavy atom. The number of nitriles is 1. The Morgan fingerprint density at radius 2 is 1.96 bits per heavy atom. The lowest BCUT2D eigenvalue weighted by molar-refractivity contribution is -0.144. The molecule has 2 N–H and O–H groups in total. The second kappa shape index (κ2) is 9.74. The minimum absolute atomic E-state index is 0.198. The van der Waals surface area contributed by atoms with Gasteiger partial charge in [-0.15, -0.1) is 0 Å². The Morgan fingerprint density at radius 1 is 1.29 bits per heavy atom. The van der Waals surface area contributed by atoms with Gasteiger partial charge in [0.1, 0.15) is 11.6 Å². The summed E-state index contributed by atoms with van der Waals surface area (Å²) in [4.78, 5) is 34.7. The fourth-order valence-corrected chi connectivity index (χ4v) is 3.58. The number of aryl methyl sites for hydroxylation is 1. The van der Waals surface area contributed by atoms with Crippen molar-refractivity contribution in [1.82, 2.24) is 15.2 Å². The molecule has 1 aliphatic rings. The first-order valence-electron chi connectivity index (χ1n) is 9.36. The quantitative estimate of drug-likeness (QED) is 0.459. The second-order valence-electron chi connectivity index (χ2n) is 6.86. The van der Waals surface area contributed by atoms with E-state index in [0.717, 1.165) is 29.8 Å². The average molecular weight is 386 g/mol. The number of ether oxygens (including phenoxy) is 1. The maximum Gasteiger partial charge on any atom is 0.349 e. The van der Waals surface area contributed by atoms with Crippen molar-refractivity contribution in [2.75, 3.05) is 13.7 Å². The summed E-state index contributed by atoms with van der Waals surface area (Å²) in [5, 5.41) is 13.5. The smallest absolute Gasteiger partial charge is 0.349 e. The first-order chi connectivity index (χ1) is 13.4. The summed E-state index contributed by atoms with van der Waals surface area (Å²) >= 11 is 0. The van der Waals surface area contributed by atoms with E-state index in [2.05, 4.69) is 9.88 Å². The van der Waals surface area contributed by atoms with Crippen LogP contribution in [0.4, 0.5) is 4.79 Å². The van der Waals surface area contributed by atoms with E-state index in [0.29, 0.717) is 6.04 Å². The molecule has 8 nitrogen and oxygen atoms in total. The van der Waals surface area contributed by atoms with Crippen molar-refractivity contribution in [2.45, 2.75) is 52.0 Å². The molecule has 0 aliphatic heterocycles. The maximum absolute atomic E-state index is 12.1. The molecule has 0 atom stereocenters. The summed E-state index contributed by atoms with van der Waals surface area (Å²) in [6.45, 7) is 3.35. The predicted molar refractivity (Wildman–Crippen MR) is 103 cm³/mol. The third kappa shape index (κ3) is 5.22. The monoisotopic (exact) mass is 386 g/mol. The number of urea groups is 1. The molecule has 0 unspecified atom stereocenters. The fraction of sp³-hybridized carbons (Fsp3) is 0.500. The number of hydrogen-bond acceptors (Lipinski definition) is 5. The first kappa shape index (κ1) is 21.2. The molecule has 8 heteroatoms. The Hall–Kier alpha value is -3.08. The van der Waals surface area contributed by atoms with E-state index in [-0.39, 0.29) is 5.57 Å². The zero-order valence-corrected chi connectivity index (χ0v) is 16.5. The van der Waals surface area contributed by atoms with Crippen LogP contribution in [0, 0.1) is 25.2 Å². The van der Waals surface area contributed by atoms with Crippen LogP contribution in [0.3, 0.4) is 0 Å². The van der Waals surface area contributed by atoms with Gasteiger partial charge in [0.2, 0.25) is 0 Å². The number of carbonyl (C=O) groups is 3. The Bertz CT molecular complexity index is 826. The van der Waals surface area contributed by atoms with Crippen LogP contribution in [0.5, 0.6) is 0 Å². The third-order valence-electron chi connectivity index (χ3n) is 4.92. The number of nitrogens with one attached hydrogen (secondary N) is 2. The normalized spacial score (nSPS) is 14.9. The molecule has 0 radical (unpaired) electrons. The molecule has 0 spiro atoms. The molecular formula is C20H26N4O4. The van der Waals surface area contributed by atoms with Gasteiger partial charge in [-0.05, 0) is 44.4 Å². The minimum Gasteiger partial charge on any atom is -0.451 e. The summed E-state index contributed by atoms with van der Waals surface area (Å²) in [7, 11) is 1.36. The Balaban J connectivity index is 2.11. The molecule has 0 saturated heterocycles. The highest BCUT2D eigenvalue weighted by Crippen LogP contribution is 2.32. The van der Waals surface area contributed by atoms with Crippen molar-refractivity contribution in [3.05, 3.63) is 28.6 Å². The average Bonchev–Trinajstić information content (AvgIpc) is 2.97. The summed E-state index contributed by atoms with van der Waals surface area (Å²) in [6.07, 6.45) is 7.43. The molecule has 1 aromatic heterocycles. The maximum atomic E-state index is 12.1. The summed E-state index contributed by atoms with van der Waals surface area (Å²) in [5.74, 6) is -1.68. The minimum atomic E-state index is -0.906. The van der Waals surface area contributed by atoms with Crippen LogP contribution in [-0.4, -0.2) is 36.1 Å². The lowest BCUT2D eigenvalue weighted by Gasteiger charge is -2.26. The molecule has 1 aliphatic carbocycles. The summed E-state index contributed by atoms with van der Waals surface area (Å²) in [6, 6.07) is 3.52. The van der Waals surface area contributed by atoms with Gasteiger partial charge in [0.25, 0.3) is 5.91 Å². The van der Waals surface area contributed by atoms with E-state index in [1.54, 1.807) is 0 Å². The largest absolute Gasteiger partial charge is 0.451 e. The predicted octanol–water partition coefficient (Wildman–Crippen LogP) is 2.52. The fourth-order valence-electron chi connectivity index (χ4n) is 3.58. The lowest BCUT2D eigenvalue weighted by Crippen LogP contribution is -2.39. The molecule has 1 aromatic rings. The number of aromatic nitrogens is 1. The van der Waals surface area contributed by atoms with Crippen LogP contribution < -0.4 is 10.6 Å². The van der Waals surface area contributed by atoms with Gasteiger partial charge in [-0.1, -0.05) is 19.3 Å². The molecular weight excluding hydrogens is 360 g/mol. The molecule has 1 heterocycles. The number of esters is 1. The van der Waals surface area contributed by atoms with Gasteiger partial charge in [0, 0.05) is 24.5 Å². The third-order valence-corrected chi connectivity index (χ3v) is 4.92. The van der Waals surface area contributed by atoms with Crippen molar-refractivity contribution in [1.29, 1.82) is 5.26 Å². The van der Waals surface area contributed by atoms with Crippen LogP contribution >= 0.6 is 0 Å². The second-order valence-corrected chi connectivity index (χ2v) is 6.86. The number of hydrogen-bond donors (Lipinski definition) is 2. The Labute approximate surface area is 164 Å². The topological polar surface area (TPSA) is 113 Å². The molecule has 150 valence electrons. The highest BCUT2D eigenvalue weighted by molar-refractivity contribution is 6.00. The van der Waals surface area contributed by atoms with E-state index in [4.69, 9.17) is 4.74 Å². The number of rotatable bonds is 5. The van der Waals surface area contributed by atoms with Crippen molar-refractivity contribution < 1.29 is 19.1 Å². The highest BCUT2D eigenvalue weighted by Gasteiger charge is 2.21. The van der Waals surface area contributed by atoms with Crippen molar-refractivity contribution >= 4 is 24.0 Å².